The average molecular weight is 287 g/mol. The molecule has 0 fully saturated rings. The zero-order valence-electron chi connectivity index (χ0n) is 11.7. The number of anilines is 1. The Morgan fingerprint density at radius 1 is 1.37 bits per heavy atom. The molecule has 0 atom stereocenters. The lowest BCUT2D eigenvalue weighted by molar-refractivity contribution is -0.125. The Morgan fingerprint density at radius 2 is 2.00 bits per heavy atom. The molecular formula is C14H23ClN2O2. The van der Waals surface area contributed by atoms with E-state index in [-0.39, 0.29) is 18.3 Å². The van der Waals surface area contributed by atoms with Crippen molar-refractivity contribution in [2.24, 2.45) is 11.1 Å². The summed E-state index contributed by atoms with van der Waals surface area (Å²) >= 11 is 0. The van der Waals surface area contributed by atoms with Gasteiger partial charge in [0.15, 0.2) is 0 Å². The lowest BCUT2D eigenvalue weighted by atomic mass is 9.81. The maximum atomic E-state index is 12.3. The Kier molecular flexibility index (Phi) is 7.49. The second kappa shape index (κ2) is 8.02. The van der Waals surface area contributed by atoms with E-state index in [2.05, 4.69) is 5.32 Å². The van der Waals surface area contributed by atoms with Crippen LogP contribution in [0.1, 0.15) is 26.7 Å². The van der Waals surface area contributed by atoms with Gasteiger partial charge in [-0.15, -0.1) is 12.4 Å². The van der Waals surface area contributed by atoms with E-state index in [1.54, 1.807) is 13.2 Å². The van der Waals surface area contributed by atoms with Gasteiger partial charge < -0.3 is 15.8 Å². The predicted molar refractivity (Wildman–Crippen MR) is 80.9 cm³/mol. The third kappa shape index (κ3) is 4.11. The maximum absolute atomic E-state index is 12.3. The van der Waals surface area contributed by atoms with Gasteiger partial charge in [0.1, 0.15) is 5.75 Å². The first-order valence-corrected chi connectivity index (χ1v) is 6.27. The van der Waals surface area contributed by atoms with E-state index in [1.165, 1.54) is 0 Å². The van der Waals surface area contributed by atoms with Gasteiger partial charge >= 0.3 is 0 Å². The van der Waals surface area contributed by atoms with Crippen molar-refractivity contribution >= 4 is 24.0 Å². The Labute approximate surface area is 121 Å². The smallest absolute Gasteiger partial charge is 0.231 e. The van der Waals surface area contributed by atoms with Gasteiger partial charge in [-0.1, -0.05) is 19.9 Å². The first-order chi connectivity index (χ1) is 8.61. The largest absolute Gasteiger partial charge is 0.497 e. The van der Waals surface area contributed by atoms with Crippen LogP contribution in [-0.2, 0) is 4.79 Å². The molecule has 0 radical (unpaired) electrons. The molecule has 19 heavy (non-hydrogen) atoms. The van der Waals surface area contributed by atoms with Crippen LogP contribution in [-0.4, -0.2) is 19.6 Å². The molecule has 5 heteroatoms. The van der Waals surface area contributed by atoms with E-state index in [9.17, 15) is 4.79 Å². The average Bonchev–Trinajstić information content (AvgIpc) is 2.41. The number of hydrogen-bond acceptors (Lipinski definition) is 3. The lowest BCUT2D eigenvalue weighted by Crippen LogP contribution is -2.41. The summed E-state index contributed by atoms with van der Waals surface area (Å²) < 4.78 is 5.13. The van der Waals surface area contributed by atoms with Crippen LogP contribution in [0.25, 0.3) is 0 Å². The van der Waals surface area contributed by atoms with Crippen LogP contribution >= 0.6 is 12.4 Å². The fraction of sp³-hybridized carbons (Fsp3) is 0.500. The molecule has 4 nitrogen and oxygen atoms in total. The van der Waals surface area contributed by atoms with Gasteiger partial charge in [0.05, 0.1) is 12.5 Å². The van der Waals surface area contributed by atoms with Crippen molar-refractivity contribution in [2.45, 2.75) is 26.7 Å². The molecule has 0 bridgehead atoms. The number of halogens is 1. The van der Waals surface area contributed by atoms with Crippen LogP contribution in [0.5, 0.6) is 5.75 Å². The normalized spacial score (nSPS) is 10.5. The maximum Gasteiger partial charge on any atom is 0.231 e. The molecule has 0 saturated heterocycles. The first kappa shape index (κ1) is 17.7. The molecule has 0 aliphatic carbocycles. The fourth-order valence-electron chi connectivity index (χ4n) is 1.92. The molecule has 3 N–H and O–H groups in total. The van der Waals surface area contributed by atoms with Crippen LogP contribution in [0.15, 0.2) is 24.3 Å². The SMILES string of the molecule is CCC(CC)(CN)C(=O)Nc1cccc(OC)c1.Cl. The van der Waals surface area contributed by atoms with Crippen LogP contribution in [0.2, 0.25) is 0 Å². The molecule has 0 heterocycles. The summed E-state index contributed by atoms with van der Waals surface area (Å²) in [6.07, 6.45) is 1.46. The fourth-order valence-corrected chi connectivity index (χ4v) is 1.92. The van der Waals surface area contributed by atoms with Crippen molar-refractivity contribution in [1.29, 1.82) is 0 Å². The van der Waals surface area contributed by atoms with Gasteiger partial charge in [0, 0.05) is 18.3 Å². The highest BCUT2D eigenvalue weighted by Crippen LogP contribution is 2.27. The van der Waals surface area contributed by atoms with Crippen molar-refractivity contribution in [3.05, 3.63) is 24.3 Å². The minimum absolute atomic E-state index is 0. The van der Waals surface area contributed by atoms with Crippen LogP contribution in [0.4, 0.5) is 5.69 Å². The molecular weight excluding hydrogens is 264 g/mol. The minimum Gasteiger partial charge on any atom is -0.497 e. The van der Waals surface area contributed by atoms with Crippen molar-refractivity contribution < 1.29 is 9.53 Å². The monoisotopic (exact) mass is 286 g/mol. The Hall–Kier alpha value is -1.26. The van der Waals surface area contributed by atoms with E-state index in [0.29, 0.717) is 6.54 Å². The van der Waals surface area contributed by atoms with Crippen LogP contribution in [0.3, 0.4) is 0 Å². The van der Waals surface area contributed by atoms with Crippen LogP contribution in [0, 0.1) is 5.41 Å². The highest BCUT2D eigenvalue weighted by molar-refractivity contribution is 5.95. The van der Waals surface area contributed by atoms with E-state index in [4.69, 9.17) is 10.5 Å². The molecule has 1 aromatic rings. The van der Waals surface area contributed by atoms with Crippen LogP contribution < -0.4 is 15.8 Å². The number of methoxy groups -OCH3 is 1. The molecule has 0 aliphatic heterocycles. The number of nitrogens with one attached hydrogen (secondary N) is 1. The molecule has 1 amide bonds. The summed E-state index contributed by atoms with van der Waals surface area (Å²) in [5.41, 5.74) is 6.01. The summed E-state index contributed by atoms with van der Waals surface area (Å²) in [6, 6.07) is 7.32. The van der Waals surface area contributed by atoms with E-state index in [1.807, 2.05) is 32.0 Å². The topological polar surface area (TPSA) is 64.4 Å². The van der Waals surface area contributed by atoms with Gasteiger partial charge in [-0.25, -0.2) is 0 Å². The van der Waals surface area contributed by atoms with E-state index in [0.717, 1.165) is 24.3 Å². The quantitative estimate of drug-likeness (QED) is 0.845. The second-order valence-electron chi connectivity index (χ2n) is 4.38. The Bertz CT molecular complexity index is 398. The molecule has 0 saturated carbocycles. The molecule has 0 unspecified atom stereocenters. The number of carbonyl (C=O) groups excluding carboxylic acids is 1. The van der Waals surface area contributed by atoms with Gasteiger partial charge in [-0.05, 0) is 25.0 Å². The number of carbonyl (C=O) groups is 1. The number of hydrogen-bond donors (Lipinski definition) is 2. The molecule has 0 spiro atoms. The highest BCUT2D eigenvalue weighted by atomic mass is 35.5. The zero-order valence-corrected chi connectivity index (χ0v) is 12.5. The lowest BCUT2D eigenvalue weighted by Gasteiger charge is -2.28. The molecule has 108 valence electrons. The number of rotatable bonds is 6. The Morgan fingerprint density at radius 3 is 2.47 bits per heavy atom. The minimum atomic E-state index is -0.483. The Balaban J connectivity index is 0.00000324. The van der Waals surface area contributed by atoms with Gasteiger partial charge in [0.2, 0.25) is 5.91 Å². The third-order valence-electron chi connectivity index (χ3n) is 3.55. The first-order valence-electron chi connectivity index (χ1n) is 6.27. The summed E-state index contributed by atoms with van der Waals surface area (Å²) in [4.78, 5) is 12.3. The van der Waals surface area contributed by atoms with Crippen molar-refractivity contribution in [2.75, 3.05) is 19.0 Å². The van der Waals surface area contributed by atoms with E-state index < -0.39 is 5.41 Å². The molecule has 1 aromatic carbocycles. The number of amides is 1. The van der Waals surface area contributed by atoms with Crippen molar-refractivity contribution in [3.63, 3.8) is 0 Å². The second-order valence-corrected chi connectivity index (χ2v) is 4.38. The van der Waals surface area contributed by atoms with Gasteiger partial charge in [0.25, 0.3) is 0 Å². The van der Waals surface area contributed by atoms with Gasteiger partial charge in [-0.3, -0.25) is 4.79 Å². The van der Waals surface area contributed by atoms with Crippen molar-refractivity contribution in [3.8, 4) is 5.75 Å². The van der Waals surface area contributed by atoms with E-state index >= 15 is 0 Å². The standard InChI is InChI=1S/C14H22N2O2.ClH/c1-4-14(5-2,10-15)13(17)16-11-7-6-8-12(9-11)18-3;/h6-9H,4-5,10,15H2,1-3H3,(H,16,17);1H. The number of ether oxygens (including phenoxy) is 1. The van der Waals surface area contributed by atoms with Gasteiger partial charge in [-0.2, -0.15) is 0 Å². The number of nitrogens with two attached hydrogens (primary N) is 1. The summed E-state index contributed by atoms with van der Waals surface area (Å²) in [6.45, 7) is 4.33. The zero-order chi connectivity index (χ0) is 13.6. The molecule has 1 rings (SSSR count). The molecule has 0 aliphatic rings. The highest BCUT2D eigenvalue weighted by Gasteiger charge is 2.33. The number of benzene rings is 1. The third-order valence-corrected chi connectivity index (χ3v) is 3.55. The summed E-state index contributed by atoms with van der Waals surface area (Å²) in [5.74, 6) is 0.697. The van der Waals surface area contributed by atoms with Crippen molar-refractivity contribution in [1.82, 2.24) is 0 Å². The summed E-state index contributed by atoms with van der Waals surface area (Å²) in [5, 5.41) is 2.91. The summed E-state index contributed by atoms with van der Waals surface area (Å²) in [7, 11) is 1.60. The molecule has 0 aromatic heterocycles. The predicted octanol–water partition coefficient (Wildman–Crippen LogP) is 2.82.